The Kier molecular flexibility index (Phi) is 2.14. The van der Waals surface area contributed by atoms with E-state index in [2.05, 4.69) is 0 Å². The summed E-state index contributed by atoms with van der Waals surface area (Å²) >= 11 is 5.37. The van der Waals surface area contributed by atoms with Crippen molar-refractivity contribution in [3.05, 3.63) is 42.0 Å². The molecule has 0 aromatic heterocycles. The van der Waals surface area contributed by atoms with Crippen LogP contribution in [0.4, 0.5) is 5.69 Å². The van der Waals surface area contributed by atoms with E-state index in [1.807, 2.05) is 18.2 Å². The van der Waals surface area contributed by atoms with Crippen molar-refractivity contribution in [2.75, 3.05) is 5.73 Å². The lowest BCUT2D eigenvalue weighted by molar-refractivity contribution is 0.108. The summed E-state index contributed by atoms with van der Waals surface area (Å²) in [5.41, 5.74) is 6.84. The molecule has 0 aliphatic rings. The topological polar surface area (TPSA) is 43.1 Å². The number of anilines is 1. The van der Waals surface area contributed by atoms with Crippen LogP contribution in [-0.4, -0.2) is 5.24 Å². The van der Waals surface area contributed by atoms with Gasteiger partial charge in [0, 0.05) is 11.3 Å². The first-order valence-corrected chi connectivity index (χ1v) is 4.54. The Labute approximate surface area is 86.3 Å². The summed E-state index contributed by atoms with van der Waals surface area (Å²) in [7, 11) is 0. The lowest BCUT2D eigenvalue weighted by Crippen LogP contribution is -1.89. The van der Waals surface area contributed by atoms with Gasteiger partial charge >= 0.3 is 0 Å². The molecule has 2 nitrogen and oxygen atoms in total. The molecule has 2 aromatic carbocycles. The third-order valence-corrected chi connectivity index (χ3v) is 2.31. The van der Waals surface area contributed by atoms with E-state index in [9.17, 15) is 4.79 Å². The molecule has 0 unspecified atom stereocenters. The molecule has 0 radical (unpaired) electrons. The molecule has 0 amide bonds. The van der Waals surface area contributed by atoms with Gasteiger partial charge in [0.05, 0.1) is 0 Å². The molecule has 2 aromatic rings. The van der Waals surface area contributed by atoms with Crippen molar-refractivity contribution in [1.29, 1.82) is 0 Å². The summed E-state index contributed by atoms with van der Waals surface area (Å²) in [5.74, 6) is 0. The van der Waals surface area contributed by atoms with Gasteiger partial charge in [0.2, 0.25) is 0 Å². The molecule has 0 heterocycles. The summed E-state index contributed by atoms with van der Waals surface area (Å²) in [4.78, 5) is 10.9. The zero-order valence-corrected chi connectivity index (χ0v) is 8.08. The van der Waals surface area contributed by atoms with Crippen LogP contribution >= 0.6 is 11.6 Å². The number of nitrogen functional groups attached to an aromatic ring is 1. The summed E-state index contributed by atoms with van der Waals surface area (Å²) in [6, 6.07) is 10.8. The van der Waals surface area contributed by atoms with Gasteiger partial charge in [-0.3, -0.25) is 4.79 Å². The van der Waals surface area contributed by atoms with Crippen molar-refractivity contribution in [3.63, 3.8) is 0 Å². The van der Waals surface area contributed by atoms with E-state index in [4.69, 9.17) is 17.3 Å². The van der Waals surface area contributed by atoms with Crippen LogP contribution < -0.4 is 5.73 Å². The van der Waals surface area contributed by atoms with Crippen LogP contribution in [0.3, 0.4) is 0 Å². The highest BCUT2D eigenvalue weighted by atomic mass is 35.5. The summed E-state index contributed by atoms with van der Waals surface area (Å²) < 4.78 is 0. The van der Waals surface area contributed by atoms with Crippen molar-refractivity contribution in [2.45, 2.75) is 0 Å². The number of fused-ring (bicyclic) bond motifs is 1. The number of hydrogen-bond donors (Lipinski definition) is 1. The fourth-order valence-electron chi connectivity index (χ4n) is 1.39. The van der Waals surface area contributed by atoms with E-state index in [0.29, 0.717) is 11.3 Å². The van der Waals surface area contributed by atoms with Gasteiger partial charge in [-0.05, 0) is 46.6 Å². The lowest BCUT2D eigenvalue weighted by atomic mass is 10.1. The molecule has 0 aliphatic carbocycles. The van der Waals surface area contributed by atoms with Crippen LogP contribution in [0, 0.1) is 0 Å². The van der Waals surface area contributed by atoms with Crippen LogP contribution in [0.15, 0.2) is 36.4 Å². The van der Waals surface area contributed by atoms with E-state index < -0.39 is 5.24 Å². The first-order chi connectivity index (χ1) is 6.66. The predicted octanol–water partition coefficient (Wildman–Crippen LogP) is 2.80. The highest BCUT2D eigenvalue weighted by Gasteiger charge is 2.02. The summed E-state index contributed by atoms with van der Waals surface area (Å²) in [6.45, 7) is 0. The van der Waals surface area contributed by atoms with Gasteiger partial charge in [-0.15, -0.1) is 0 Å². The minimum Gasteiger partial charge on any atom is -0.399 e. The van der Waals surface area contributed by atoms with Crippen molar-refractivity contribution in [2.24, 2.45) is 0 Å². The van der Waals surface area contributed by atoms with Crippen LogP contribution in [0.2, 0.25) is 0 Å². The van der Waals surface area contributed by atoms with E-state index in [1.165, 1.54) is 0 Å². The molecule has 3 heteroatoms. The second kappa shape index (κ2) is 3.31. The molecule has 2 rings (SSSR count). The number of halogens is 1. The third kappa shape index (κ3) is 1.56. The maximum Gasteiger partial charge on any atom is 0.252 e. The largest absolute Gasteiger partial charge is 0.399 e. The number of carbonyl (C=O) groups excluding carboxylic acids is 1. The van der Waals surface area contributed by atoms with Crippen molar-refractivity contribution in [1.82, 2.24) is 0 Å². The predicted molar refractivity (Wildman–Crippen MR) is 58.5 cm³/mol. The van der Waals surface area contributed by atoms with Gasteiger partial charge in [0.1, 0.15) is 0 Å². The minimum absolute atomic E-state index is 0.441. The molecule has 0 saturated carbocycles. The average molecular weight is 206 g/mol. The molecule has 0 fully saturated rings. The summed E-state index contributed by atoms with van der Waals surface area (Å²) in [6.07, 6.45) is 0. The molecule has 0 atom stereocenters. The number of nitrogens with two attached hydrogens (primary N) is 1. The second-order valence-corrected chi connectivity index (χ2v) is 3.44. The van der Waals surface area contributed by atoms with Gasteiger partial charge in [-0.25, -0.2) is 0 Å². The van der Waals surface area contributed by atoms with Crippen LogP contribution in [-0.2, 0) is 0 Å². The number of hydrogen-bond acceptors (Lipinski definition) is 2. The normalized spacial score (nSPS) is 10.4. The Morgan fingerprint density at radius 1 is 1.07 bits per heavy atom. The van der Waals surface area contributed by atoms with Crippen molar-refractivity contribution in [3.8, 4) is 0 Å². The maximum atomic E-state index is 10.9. The third-order valence-electron chi connectivity index (χ3n) is 2.09. The molecule has 0 saturated heterocycles. The van der Waals surface area contributed by atoms with Crippen LogP contribution in [0.1, 0.15) is 10.4 Å². The Hall–Kier alpha value is -1.54. The van der Waals surface area contributed by atoms with Gasteiger partial charge in [0.25, 0.3) is 5.24 Å². The minimum atomic E-state index is -0.441. The zero-order valence-electron chi connectivity index (χ0n) is 7.33. The monoisotopic (exact) mass is 205 g/mol. The Bertz CT molecular complexity index is 508. The summed E-state index contributed by atoms with van der Waals surface area (Å²) in [5, 5.41) is 1.53. The van der Waals surface area contributed by atoms with Crippen molar-refractivity contribution < 1.29 is 4.79 Å². The Morgan fingerprint density at radius 2 is 1.71 bits per heavy atom. The fourth-order valence-corrected chi connectivity index (χ4v) is 1.50. The van der Waals surface area contributed by atoms with E-state index in [-0.39, 0.29) is 0 Å². The highest BCUT2D eigenvalue weighted by Crippen LogP contribution is 2.19. The second-order valence-electron chi connectivity index (χ2n) is 3.10. The number of carbonyl (C=O) groups is 1. The number of rotatable bonds is 1. The molecular formula is C11H8ClNO. The number of benzene rings is 2. The SMILES string of the molecule is Nc1ccc2cc(C(=O)Cl)ccc2c1. The molecule has 14 heavy (non-hydrogen) atoms. The lowest BCUT2D eigenvalue weighted by Gasteiger charge is -2.00. The van der Waals surface area contributed by atoms with E-state index in [0.717, 1.165) is 10.8 Å². The van der Waals surface area contributed by atoms with Gasteiger partial charge in [0.15, 0.2) is 0 Å². The molecule has 0 bridgehead atoms. The Morgan fingerprint density at radius 3 is 2.43 bits per heavy atom. The maximum absolute atomic E-state index is 10.9. The van der Waals surface area contributed by atoms with E-state index in [1.54, 1.807) is 18.2 Å². The quantitative estimate of drug-likeness (QED) is 0.575. The molecule has 2 N–H and O–H groups in total. The van der Waals surface area contributed by atoms with Gasteiger partial charge in [-0.2, -0.15) is 0 Å². The first kappa shape index (κ1) is 9.03. The smallest absolute Gasteiger partial charge is 0.252 e. The van der Waals surface area contributed by atoms with Crippen LogP contribution in [0.25, 0.3) is 10.8 Å². The van der Waals surface area contributed by atoms with Crippen LogP contribution in [0.5, 0.6) is 0 Å². The first-order valence-electron chi connectivity index (χ1n) is 4.16. The Balaban J connectivity index is 2.67. The molecular weight excluding hydrogens is 198 g/mol. The fraction of sp³-hybridized carbons (Fsp3) is 0. The van der Waals surface area contributed by atoms with Gasteiger partial charge in [-0.1, -0.05) is 12.1 Å². The molecule has 0 spiro atoms. The molecule has 0 aliphatic heterocycles. The average Bonchev–Trinajstić information content (AvgIpc) is 2.16. The highest BCUT2D eigenvalue weighted by molar-refractivity contribution is 6.67. The van der Waals surface area contributed by atoms with Crippen molar-refractivity contribution >= 4 is 33.3 Å². The zero-order chi connectivity index (χ0) is 10.1. The van der Waals surface area contributed by atoms with Gasteiger partial charge < -0.3 is 5.73 Å². The van der Waals surface area contributed by atoms with E-state index >= 15 is 0 Å². The standard InChI is InChI=1S/C11H8ClNO/c12-11(14)9-2-1-8-6-10(13)4-3-7(8)5-9/h1-6H,13H2. The molecule has 70 valence electrons.